The van der Waals surface area contributed by atoms with Crippen molar-refractivity contribution in [2.75, 3.05) is 27.2 Å². The molecule has 0 fully saturated rings. The molecule has 0 aromatic heterocycles. The maximum absolute atomic E-state index is 13.5. The third-order valence-electron chi connectivity index (χ3n) is 4.42. The third kappa shape index (κ3) is 6.46. The second kappa shape index (κ2) is 10.6. The highest BCUT2D eigenvalue weighted by Crippen LogP contribution is 2.18. The lowest BCUT2D eigenvalue weighted by Gasteiger charge is -2.25. The van der Waals surface area contributed by atoms with Crippen LogP contribution in [-0.2, 0) is 4.79 Å². The average Bonchev–Trinajstić information content (AvgIpc) is 2.67. The molecule has 5 nitrogen and oxygen atoms in total. The van der Waals surface area contributed by atoms with Gasteiger partial charge < -0.3 is 15.0 Å². The van der Waals surface area contributed by atoms with Gasteiger partial charge in [0.25, 0.3) is 0 Å². The maximum atomic E-state index is 13.5. The summed E-state index contributed by atoms with van der Waals surface area (Å²) in [5.74, 6) is 0.107. The van der Waals surface area contributed by atoms with Crippen LogP contribution in [-0.4, -0.2) is 43.8 Å². The molecule has 2 aromatic carbocycles. The molecule has 0 aliphatic rings. The standard InChI is InChI=1S/C22H27FN2O3/c1-4-28-19-10-8-16(9-11-19)21(26)12-13-22(27)24-15-20(25(2)3)17-6-5-7-18(23)14-17/h5-11,14,20H,4,12-13,15H2,1-3H3,(H,24,27). The van der Waals surface area contributed by atoms with Crippen molar-refractivity contribution >= 4 is 11.7 Å². The van der Waals surface area contributed by atoms with E-state index in [0.29, 0.717) is 24.5 Å². The first-order chi connectivity index (χ1) is 13.4. The lowest BCUT2D eigenvalue weighted by Crippen LogP contribution is -2.34. The first-order valence-electron chi connectivity index (χ1n) is 9.35. The van der Waals surface area contributed by atoms with Gasteiger partial charge in [0.2, 0.25) is 5.91 Å². The minimum absolute atomic E-state index is 0.0903. The Morgan fingerprint density at radius 2 is 1.82 bits per heavy atom. The molecule has 0 saturated heterocycles. The summed E-state index contributed by atoms with van der Waals surface area (Å²) in [4.78, 5) is 26.3. The van der Waals surface area contributed by atoms with Crippen molar-refractivity contribution in [3.05, 3.63) is 65.5 Å². The number of ketones is 1. The van der Waals surface area contributed by atoms with Gasteiger partial charge in [-0.05, 0) is 63.0 Å². The molecule has 1 amide bonds. The molecule has 2 rings (SSSR count). The molecule has 0 radical (unpaired) electrons. The number of Topliss-reactive ketones (excluding diaryl/α,β-unsaturated/α-hetero) is 1. The van der Waals surface area contributed by atoms with Crippen molar-refractivity contribution in [1.29, 1.82) is 0 Å². The van der Waals surface area contributed by atoms with Gasteiger partial charge in [-0.25, -0.2) is 4.39 Å². The summed E-state index contributed by atoms with van der Waals surface area (Å²) >= 11 is 0. The number of amides is 1. The molecule has 1 N–H and O–H groups in total. The van der Waals surface area contributed by atoms with Gasteiger partial charge in [0.15, 0.2) is 5.78 Å². The number of ether oxygens (including phenoxy) is 1. The fraction of sp³-hybridized carbons (Fsp3) is 0.364. The molecule has 0 bridgehead atoms. The van der Waals surface area contributed by atoms with E-state index in [4.69, 9.17) is 4.74 Å². The number of carbonyl (C=O) groups is 2. The Morgan fingerprint density at radius 3 is 2.43 bits per heavy atom. The number of nitrogens with zero attached hydrogens (tertiary/aromatic N) is 1. The second-order valence-electron chi connectivity index (χ2n) is 6.72. The summed E-state index contributed by atoms with van der Waals surface area (Å²) in [7, 11) is 3.74. The number of likely N-dealkylation sites (N-methyl/N-ethyl adjacent to an activating group) is 1. The number of rotatable bonds is 10. The highest BCUT2D eigenvalue weighted by Gasteiger charge is 2.16. The van der Waals surface area contributed by atoms with E-state index in [1.165, 1.54) is 12.1 Å². The van der Waals surface area contributed by atoms with E-state index in [2.05, 4.69) is 5.32 Å². The lowest BCUT2D eigenvalue weighted by molar-refractivity contribution is -0.121. The molecule has 0 heterocycles. The van der Waals surface area contributed by atoms with E-state index in [0.717, 1.165) is 5.56 Å². The van der Waals surface area contributed by atoms with E-state index in [-0.39, 0.29) is 36.4 Å². The van der Waals surface area contributed by atoms with Crippen LogP contribution in [0.1, 0.15) is 41.7 Å². The fourth-order valence-corrected chi connectivity index (χ4v) is 2.89. The summed E-state index contributed by atoms with van der Waals surface area (Å²) in [6.07, 6.45) is 0.238. The number of nitrogens with one attached hydrogen (secondary N) is 1. The molecule has 6 heteroatoms. The van der Waals surface area contributed by atoms with Crippen molar-refractivity contribution in [3.63, 3.8) is 0 Å². The largest absolute Gasteiger partial charge is 0.494 e. The van der Waals surface area contributed by atoms with Crippen LogP contribution in [0.5, 0.6) is 5.75 Å². The van der Waals surface area contributed by atoms with Gasteiger partial charge >= 0.3 is 0 Å². The summed E-state index contributed by atoms with van der Waals surface area (Å²) in [6, 6.07) is 13.1. The van der Waals surface area contributed by atoms with Crippen LogP contribution >= 0.6 is 0 Å². The molecule has 0 aliphatic heterocycles. The predicted octanol–water partition coefficient (Wildman–Crippen LogP) is 3.61. The quantitative estimate of drug-likeness (QED) is 0.634. The van der Waals surface area contributed by atoms with Gasteiger partial charge in [-0.3, -0.25) is 9.59 Å². The Kier molecular flexibility index (Phi) is 8.14. The minimum atomic E-state index is -0.309. The maximum Gasteiger partial charge on any atom is 0.220 e. The molecule has 0 aliphatic carbocycles. The highest BCUT2D eigenvalue weighted by molar-refractivity contribution is 5.98. The Balaban J connectivity index is 1.84. The molecule has 1 unspecified atom stereocenters. The number of halogens is 1. The Bertz CT molecular complexity index is 791. The molecule has 28 heavy (non-hydrogen) atoms. The second-order valence-corrected chi connectivity index (χ2v) is 6.72. The van der Waals surface area contributed by atoms with Crippen LogP contribution in [0.25, 0.3) is 0 Å². The monoisotopic (exact) mass is 386 g/mol. The van der Waals surface area contributed by atoms with E-state index in [1.54, 1.807) is 30.3 Å². The Morgan fingerprint density at radius 1 is 1.11 bits per heavy atom. The van der Waals surface area contributed by atoms with Crippen molar-refractivity contribution < 1.29 is 18.7 Å². The molecule has 2 aromatic rings. The molecule has 0 spiro atoms. The van der Waals surface area contributed by atoms with Gasteiger partial charge in [-0.1, -0.05) is 12.1 Å². The number of hydrogen-bond donors (Lipinski definition) is 1. The van der Waals surface area contributed by atoms with Crippen molar-refractivity contribution in [3.8, 4) is 5.75 Å². The first kappa shape index (κ1) is 21.6. The van der Waals surface area contributed by atoms with Gasteiger partial charge in [0, 0.05) is 24.9 Å². The van der Waals surface area contributed by atoms with Gasteiger partial charge in [0.05, 0.1) is 12.6 Å². The Labute approximate surface area is 165 Å². The van der Waals surface area contributed by atoms with Crippen molar-refractivity contribution in [1.82, 2.24) is 10.2 Å². The van der Waals surface area contributed by atoms with Gasteiger partial charge in [-0.2, -0.15) is 0 Å². The van der Waals surface area contributed by atoms with E-state index < -0.39 is 0 Å². The van der Waals surface area contributed by atoms with Crippen LogP contribution < -0.4 is 10.1 Å². The zero-order valence-corrected chi connectivity index (χ0v) is 16.6. The van der Waals surface area contributed by atoms with Crippen LogP contribution in [0.2, 0.25) is 0 Å². The van der Waals surface area contributed by atoms with Gasteiger partial charge in [-0.15, -0.1) is 0 Å². The molecular formula is C22H27FN2O3. The van der Waals surface area contributed by atoms with Gasteiger partial charge in [0.1, 0.15) is 11.6 Å². The minimum Gasteiger partial charge on any atom is -0.494 e. The summed E-state index contributed by atoms with van der Waals surface area (Å²) < 4.78 is 18.8. The smallest absolute Gasteiger partial charge is 0.220 e. The van der Waals surface area contributed by atoms with E-state index in [9.17, 15) is 14.0 Å². The fourth-order valence-electron chi connectivity index (χ4n) is 2.89. The average molecular weight is 386 g/mol. The number of hydrogen-bond acceptors (Lipinski definition) is 4. The summed E-state index contributed by atoms with van der Waals surface area (Å²) in [6.45, 7) is 2.80. The molecule has 150 valence electrons. The summed E-state index contributed by atoms with van der Waals surface area (Å²) in [5, 5.41) is 2.84. The molecule has 0 saturated carbocycles. The van der Waals surface area contributed by atoms with Crippen molar-refractivity contribution in [2.45, 2.75) is 25.8 Å². The summed E-state index contributed by atoms with van der Waals surface area (Å²) in [5.41, 5.74) is 1.35. The van der Waals surface area contributed by atoms with E-state index >= 15 is 0 Å². The zero-order chi connectivity index (χ0) is 20.5. The Hall–Kier alpha value is -2.73. The zero-order valence-electron chi connectivity index (χ0n) is 16.6. The van der Waals surface area contributed by atoms with Crippen LogP contribution in [0, 0.1) is 5.82 Å². The number of carbonyl (C=O) groups excluding carboxylic acids is 2. The van der Waals surface area contributed by atoms with Crippen LogP contribution in [0.15, 0.2) is 48.5 Å². The first-order valence-corrected chi connectivity index (χ1v) is 9.35. The number of benzene rings is 2. The third-order valence-corrected chi connectivity index (χ3v) is 4.42. The van der Waals surface area contributed by atoms with Crippen LogP contribution in [0.3, 0.4) is 0 Å². The highest BCUT2D eigenvalue weighted by atomic mass is 19.1. The van der Waals surface area contributed by atoms with Crippen molar-refractivity contribution in [2.24, 2.45) is 0 Å². The molecule has 1 atom stereocenters. The molecular weight excluding hydrogens is 359 g/mol. The SMILES string of the molecule is CCOc1ccc(C(=O)CCC(=O)NCC(c2cccc(F)c2)N(C)C)cc1. The predicted molar refractivity (Wildman–Crippen MR) is 107 cm³/mol. The topological polar surface area (TPSA) is 58.6 Å². The van der Waals surface area contributed by atoms with E-state index in [1.807, 2.05) is 32.0 Å². The lowest BCUT2D eigenvalue weighted by atomic mass is 10.0. The van der Waals surface area contributed by atoms with Crippen LogP contribution in [0.4, 0.5) is 4.39 Å². The normalized spacial score (nSPS) is 11.9.